The number of aliphatic carboxylic acids is 1. The fraction of sp³-hybridized carbons (Fsp3) is 0.269. The fourth-order valence-electron chi connectivity index (χ4n) is 4.52. The molecule has 0 fully saturated rings. The largest absolute Gasteiger partial charge is 0.493 e. The lowest BCUT2D eigenvalue weighted by Gasteiger charge is -2.28. The molecule has 2 aliphatic heterocycles. The smallest absolute Gasteiger partial charge is 0.415 e. The molecule has 0 atom stereocenters. The quantitative estimate of drug-likeness (QED) is 0.516. The van der Waals surface area contributed by atoms with Gasteiger partial charge in [-0.3, -0.25) is 14.5 Å². The van der Waals surface area contributed by atoms with Crippen LogP contribution in [0.4, 0.5) is 27.8 Å². The summed E-state index contributed by atoms with van der Waals surface area (Å²) in [5, 5.41) is 9.15. The number of ether oxygens (including phenoxy) is 2. The lowest BCUT2D eigenvalue weighted by molar-refractivity contribution is -0.135. The van der Waals surface area contributed by atoms with E-state index in [0.29, 0.717) is 52.9 Å². The number of anilines is 4. The second-order valence-corrected chi connectivity index (χ2v) is 8.56. The minimum Gasteiger partial charge on any atom is -0.493 e. The van der Waals surface area contributed by atoms with E-state index >= 15 is 0 Å². The Bertz CT molecular complexity index is 1390. The van der Waals surface area contributed by atoms with Crippen LogP contribution in [0.5, 0.6) is 5.75 Å². The number of benzene rings is 1. The highest BCUT2D eigenvalue weighted by atomic mass is 16.6. The van der Waals surface area contributed by atoms with Crippen LogP contribution in [-0.4, -0.2) is 59.8 Å². The molecule has 2 aromatic heterocycles. The summed E-state index contributed by atoms with van der Waals surface area (Å²) < 4.78 is 11.1. The van der Waals surface area contributed by atoms with Crippen LogP contribution in [0.25, 0.3) is 0 Å². The molecule has 0 bridgehead atoms. The Labute approximate surface area is 212 Å². The number of carbonyl (C=O) groups excluding carboxylic acids is 2. The highest BCUT2D eigenvalue weighted by molar-refractivity contribution is 6.12. The van der Waals surface area contributed by atoms with E-state index in [1.807, 2.05) is 24.0 Å². The van der Waals surface area contributed by atoms with Crippen LogP contribution < -0.4 is 19.4 Å². The average molecular weight is 504 g/mol. The van der Waals surface area contributed by atoms with Gasteiger partial charge in [0.2, 0.25) is 0 Å². The molecule has 1 aromatic carbocycles. The molecule has 0 saturated carbocycles. The van der Waals surface area contributed by atoms with Crippen molar-refractivity contribution in [3.05, 3.63) is 65.5 Å². The van der Waals surface area contributed by atoms with E-state index in [9.17, 15) is 14.4 Å². The van der Waals surface area contributed by atoms with Crippen molar-refractivity contribution in [2.45, 2.75) is 20.0 Å². The Morgan fingerprint density at radius 1 is 1.11 bits per heavy atom. The molecular weight excluding hydrogens is 478 g/mol. The molecule has 37 heavy (non-hydrogen) atoms. The molecule has 5 rings (SSSR count). The maximum absolute atomic E-state index is 13.3. The number of nitrogens with zero attached hydrogens (tertiary/aromatic N) is 5. The lowest BCUT2D eigenvalue weighted by Crippen LogP contribution is -2.39. The second kappa shape index (κ2) is 9.76. The summed E-state index contributed by atoms with van der Waals surface area (Å²) in [4.78, 5) is 50.2. The number of carbonyl (C=O) groups is 3. The third kappa shape index (κ3) is 4.39. The predicted octanol–water partition coefficient (Wildman–Crippen LogP) is 3.39. The van der Waals surface area contributed by atoms with E-state index in [0.717, 1.165) is 10.5 Å². The number of fused-ring (bicyclic) bond motifs is 3. The van der Waals surface area contributed by atoms with Gasteiger partial charge >= 0.3 is 12.1 Å². The number of pyridine rings is 2. The third-order valence-corrected chi connectivity index (χ3v) is 6.31. The number of hydrogen-bond acceptors (Lipinski definition) is 8. The second-order valence-electron chi connectivity index (χ2n) is 8.56. The van der Waals surface area contributed by atoms with Gasteiger partial charge in [0.05, 0.1) is 29.1 Å². The molecule has 11 nitrogen and oxygen atoms in total. The van der Waals surface area contributed by atoms with Crippen LogP contribution in [-0.2, 0) is 22.6 Å². The number of amides is 2. The first-order valence-electron chi connectivity index (χ1n) is 11.8. The summed E-state index contributed by atoms with van der Waals surface area (Å²) in [6, 6.07) is 10.6. The molecular formula is C26H25N5O6. The highest BCUT2D eigenvalue weighted by Gasteiger charge is 2.31. The monoisotopic (exact) mass is 503 g/mol. The topological polar surface area (TPSA) is 125 Å². The molecule has 11 heteroatoms. The first-order chi connectivity index (χ1) is 17.9. The molecule has 0 spiro atoms. The normalized spacial score (nSPS) is 14.4. The highest BCUT2D eigenvalue weighted by Crippen LogP contribution is 2.38. The fourth-order valence-corrected chi connectivity index (χ4v) is 4.52. The lowest BCUT2D eigenvalue weighted by atomic mass is 10.1. The van der Waals surface area contributed by atoms with Gasteiger partial charge in [0.15, 0.2) is 5.82 Å². The molecule has 2 amide bonds. The number of cyclic esters (lactones) is 1. The van der Waals surface area contributed by atoms with Crippen LogP contribution in [0.2, 0.25) is 0 Å². The summed E-state index contributed by atoms with van der Waals surface area (Å²) in [6.45, 7) is 2.33. The summed E-state index contributed by atoms with van der Waals surface area (Å²) >= 11 is 0. The zero-order chi connectivity index (χ0) is 26.1. The molecule has 3 aromatic rings. The Hall–Kier alpha value is -4.67. The standard InChI is InChI=1S/C26H25N5O6/c1-3-30-23-17(25(34)29(2)20-7-5-10-27-24(20)30)12-16(13-28-23)9-11-36-21-8-4-6-19-18(21)15-37-26(35)31(19)14-22(32)33/h4-8,10,12-13H,3,9,11,14-15H2,1-2H3,(H,32,33). The molecule has 1 N–H and O–H groups in total. The first kappa shape index (κ1) is 24.0. The van der Waals surface area contributed by atoms with Gasteiger partial charge in [0.1, 0.15) is 24.7 Å². The van der Waals surface area contributed by atoms with Crippen LogP contribution in [0.1, 0.15) is 28.4 Å². The van der Waals surface area contributed by atoms with Gasteiger partial charge in [-0.25, -0.2) is 14.8 Å². The van der Waals surface area contributed by atoms with E-state index in [1.54, 1.807) is 48.6 Å². The summed E-state index contributed by atoms with van der Waals surface area (Å²) in [5.74, 6) is 0.409. The van der Waals surface area contributed by atoms with E-state index < -0.39 is 18.6 Å². The van der Waals surface area contributed by atoms with Gasteiger partial charge in [0, 0.05) is 32.4 Å². The van der Waals surface area contributed by atoms with Crippen molar-refractivity contribution in [2.75, 3.05) is 41.4 Å². The SMILES string of the molecule is CCN1c2ncc(CCOc3cccc4c3COC(=O)N4CC(=O)O)cc2C(=O)N(C)c2cccnc21. The van der Waals surface area contributed by atoms with Gasteiger partial charge < -0.3 is 24.4 Å². The van der Waals surface area contributed by atoms with Crippen LogP contribution in [0.15, 0.2) is 48.8 Å². The average Bonchev–Trinajstić information content (AvgIpc) is 2.98. The van der Waals surface area contributed by atoms with Crippen molar-refractivity contribution >= 4 is 41.0 Å². The van der Waals surface area contributed by atoms with Crippen molar-refractivity contribution in [1.82, 2.24) is 9.97 Å². The molecule has 0 radical (unpaired) electrons. The molecule has 0 saturated heterocycles. The minimum absolute atomic E-state index is 0.0108. The number of carboxylic acid groups (broad SMARTS) is 1. The molecule has 190 valence electrons. The predicted molar refractivity (Wildman–Crippen MR) is 135 cm³/mol. The molecule has 0 aliphatic carbocycles. The van der Waals surface area contributed by atoms with Crippen molar-refractivity contribution in [3.63, 3.8) is 0 Å². The van der Waals surface area contributed by atoms with Crippen LogP contribution >= 0.6 is 0 Å². The summed E-state index contributed by atoms with van der Waals surface area (Å²) in [7, 11) is 1.72. The van der Waals surface area contributed by atoms with E-state index in [4.69, 9.17) is 14.6 Å². The first-order valence-corrected chi connectivity index (χ1v) is 11.8. The number of rotatable bonds is 7. The van der Waals surface area contributed by atoms with E-state index in [-0.39, 0.29) is 19.1 Å². The Morgan fingerprint density at radius 2 is 1.92 bits per heavy atom. The maximum Gasteiger partial charge on any atom is 0.415 e. The molecule has 4 heterocycles. The van der Waals surface area contributed by atoms with Gasteiger partial charge in [-0.2, -0.15) is 0 Å². The van der Waals surface area contributed by atoms with Crippen molar-refractivity contribution in [2.24, 2.45) is 0 Å². The molecule has 0 unspecified atom stereocenters. The van der Waals surface area contributed by atoms with Crippen molar-refractivity contribution in [3.8, 4) is 5.75 Å². The van der Waals surface area contributed by atoms with Crippen molar-refractivity contribution in [1.29, 1.82) is 0 Å². The van der Waals surface area contributed by atoms with Crippen LogP contribution in [0, 0.1) is 0 Å². The Balaban J connectivity index is 1.36. The number of aromatic nitrogens is 2. The molecule has 2 aliphatic rings. The Morgan fingerprint density at radius 3 is 2.70 bits per heavy atom. The van der Waals surface area contributed by atoms with Gasteiger partial charge in [0.25, 0.3) is 5.91 Å². The number of hydrogen-bond donors (Lipinski definition) is 1. The summed E-state index contributed by atoms with van der Waals surface area (Å²) in [6.07, 6.45) is 3.18. The maximum atomic E-state index is 13.3. The van der Waals surface area contributed by atoms with E-state index in [1.165, 1.54) is 0 Å². The zero-order valence-corrected chi connectivity index (χ0v) is 20.4. The Kier molecular flexibility index (Phi) is 6.34. The minimum atomic E-state index is -1.15. The van der Waals surface area contributed by atoms with Crippen LogP contribution in [0.3, 0.4) is 0 Å². The van der Waals surface area contributed by atoms with Crippen molar-refractivity contribution < 1.29 is 29.0 Å². The third-order valence-electron chi connectivity index (χ3n) is 6.31. The van der Waals surface area contributed by atoms with Gasteiger partial charge in [-0.05, 0) is 42.8 Å². The zero-order valence-electron chi connectivity index (χ0n) is 20.4. The van der Waals surface area contributed by atoms with Gasteiger partial charge in [-0.1, -0.05) is 6.07 Å². The number of carboxylic acids is 1. The summed E-state index contributed by atoms with van der Waals surface area (Å²) in [5.41, 5.74) is 3.06. The van der Waals surface area contributed by atoms with Gasteiger partial charge in [-0.15, -0.1) is 0 Å². The van der Waals surface area contributed by atoms with E-state index in [2.05, 4.69) is 9.97 Å².